The van der Waals surface area contributed by atoms with Crippen LogP contribution in [0.5, 0.6) is 0 Å². The smallest absolute Gasteiger partial charge is 0.163 e. The number of nitriles is 1. The second-order valence-corrected chi connectivity index (χ2v) is 5.05. The Bertz CT molecular complexity index is 602. The Morgan fingerprint density at radius 3 is 2.28 bits per heavy atom. The zero-order valence-corrected chi connectivity index (χ0v) is 10.2. The third kappa shape index (κ3) is 1.86. The molecule has 0 N–H and O–H groups in total. The van der Waals surface area contributed by atoms with Crippen molar-refractivity contribution in [3.05, 3.63) is 47.7 Å². The summed E-state index contributed by atoms with van der Waals surface area (Å²) in [6, 6.07) is 14.0. The van der Waals surface area contributed by atoms with Crippen molar-refractivity contribution in [1.82, 2.24) is 10.2 Å². The van der Waals surface area contributed by atoms with E-state index in [1.54, 1.807) is 6.07 Å². The van der Waals surface area contributed by atoms with Crippen molar-refractivity contribution in [2.24, 2.45) is 0 Å². The summed E-state index contributed by atoms with van der Waals surface area (Å²) in [6.07, 6.45) is 2.56. The van der Waals surface area contributed by atoms with Crippen LogP contribution in [0.2, 0.25) is 0 Å². The number of hydrogen-bond donors (Lipinski definition) is 0. The van der Waals surface area contributed by atoms with Crippen molar-refractivity contribution in [2.75, 3.05) is 0 Å². The highest BCUT2D eigenvalue weighted by molar-refractivity contribution is 5.59. The molecule has 0 radical (unpaired) electrons. The van der Waals surface area contributed by atoms with Crippen LogP contribution in [0.4, 0.5) is 0 Å². The SMILES string of the molecule is CC1(c2ccc(-c3ccc(C#N)nn3)cc2)CC1. The molecule has 1 aliphatic carbocycles. The number of benzene rings is 1. The van der Waals surface area contributed by atoms with E-state index in [1.807, 2.05) is 12.1 Å². The molecule has 3 nitrogen and oxygen atoms in total. The monoisotopic (exact) mass is 235 g/mol. The van der Waals surface area contributed by atoms with Crippen LogP contribution < -0.4 is 0 Å². The summed E-state index contributed by atoms with van der Waals surface area (Å²) in [6.45, 7) is 2.30. The molecule has 0 spiro atoms. The molecule has 0 saturated heterocycles. The standard InChI is InChI=1S/C15H13N3/c1-15(8-9-15)12-4-2-11(3-5-12)14-7-6-13(10-16)17-18-14/h2-7H,8-9H2,1H3. The lowest BCUT2D eigenvalue weighted by Crippen LogP contribution is -1.99. The van der Waals surface area contributed by atoms with Gasteiger partial charge in [-0.1, -0.05) is 31.2 Å². The van der Waals surface area contributed by atoms with E-state index in [-0.39, 0.29) is 0 Å². The van der Waals surface area contributed by atoms with Crippen LogP contribution >= 0.6 is 0 Å². The maximum atomic E-state index is 8.68. The van der Waals surface area contributed by atoms with Gasteiger partial charge in [-0.25, -0.2) is 0 Å². The van der Waals surface area contributed by atoms with E-state index in [1.165, 1.54) is 18.4 Å². The molecular formula is C15H13N3. The zero-order valence-electron chi connectivity index (χ0n) is 10.2. The van der Waals surface area contributed by atoms with E-state index in [0.717, 1.165) is 11.3 Å². The van der Waals surface area contributed by atoms with E-state index in [2.05, 4.69) is 41.4 Å². The van der Waals surface area contributed by atoms with Gasteiger partial charge in [-0.15, -0.1) is 10.2 Å². The van der Waals surface area contributed by atoms with Crippen LogP contribution in [0.15, 0.2) is 36.4 Å². The van der Waals surface area contributed by atoms with Crippen molar-refractivity contribution >= 4 is 0 Å². The van der Waals surface area contributed by atoms with Gasteiger partial charge in [-0.3, -0.25) is 0 Å². The van der Waals surface area contributed by atoms with Crippen LogP contribution in [0.3, 0.4) is 0 Å². The maximum absolute atomic E-state index is 8.68. The lowest BCUT2D eigenvalue weighted by Gasteiger charge is -2.09. The van der Waals surface area contributed by atoms with Gasteiger partial charge in [-0.05, 0) is 36.0 Å². The van der Waals surface area contributed by atoms with Crippen molar-refractivity contribution in [2.45, 2.75) is 25.2 Å². The van der Waals surface area contributed by atoms with Crippen LogP contribution in [-0.2, 0) is 5.41 Å². The maximum Gasteiger partial charge on any atom is 0.163 e. The van der Waals surface area contributed by atoms with Gasteiger partial charge in [0.1, 0.15) is 6.07 Å². The fourth-order valence-electron chi connectivity index (χ4n) is 2.07. The summed E-state index contributed by atoms with van der Waals surface area (Å²) in [5.41, 5.74) is 3.99. The minimum Gasteiger partial charge on any atom is -0.191 e. The molecule has 3 rings (SSSR count). The van der Waals surface area contributed by atoms with Crippen molar-refractivity contribution < 1.29 is 0 Å². The molecule has 88 valence electrons. The molecule has 18 heavy (non-hydrogen) atoms. The second kappa shape index (κ2) is 3.92. The van der Waals surface area contributed by atoms with Crippen LogP contribution in [-0.4, -0.2) is 10.2 Å². The zero-order chi connectivity index (χ0) is 12.6. The van der Waals surface area contributed by atoms with Gasteiger partial charge in [0.15, 0.2) is 5.69 Å². The third-order valence-electron chi connectivity index (χ3n) is 3.66. The Kier molecular flexibility index (Phi) is 2.38. The van der Waals surface area contributed by atoms with E-state index in [4.69, 9.17) is 5.26 Å². The predicted octanol–water partition coefficient (Wildman–Crippen LogP) is 3.07. The molecule has 0 aliphatic heterocycles. The summed E-state index contributed by atoms with van der Waals surface area (Å²) in [5.74, 6) is 0. The largest absolute Gasteiger partial charge is 0.191 e. The van der Waals surface area contributed by atoms with E-state index in [9.17, 15) is 0 Å². The molecule has 1 saturated carbocycles. The minimum absolute atomic E-state index is 0.348. The van der Waals surface area contributed by atoms with Gasteiger partial charge < -0.3 is 0 Å². The molecule has 1 aliphatic rings. The first kappa shape index (κ1) is 10.9. The fraction of sp³-hybridized carbons (Fsp3) is 0.267. The van der Waals surface area contributed by atoms with Gasteiger partial charge >= 0.3 is 0 Å². The Morgan fingerprint density at radius 1 is 1.06 bits per heavy atom. The molecule has 0 bridgehead atoms. The molecule has 0 atom stereocenters. The average Bonchev–Trinajstić information content (AvgIpc) is 3.18. The van der Waals surface area contributed by atoms with Gasteiger partial charge in [0, 0.05) is 5.56 Å². The van der Waals surface area contributed by atoms with E-state index < -0.39 is 0 Å². The fourth-order valence-corrected chi connectivity index (χ4v) is 2.07. The molecule has 3 heteroatoms. The number of nitrogens with zero attached hydrogens (tertiary/aromatic N) is 3. The Morgan fingerprint density at radius 2 is 1.78 bits per heavy atom. The Hall–Kier alpha value is -2.21. The molecule has 1 fully saturated rings. The summed E-state index contributed by atoms with van der Waals surface area (Å²) < 4.78 is 0. The quantitative estimate of drug-likeness (QED) is 0.803. The van der Waals surface area contributed by atoms with Crippen molar-refractivity contribution in [3.8, 4) is 17.3 Å². The predicted molar refractivity (Wildman–Crippen MR) is 68.8 cm³/mol. The Balaban J connectivity index is 1.90. The first-order valence-electron chi connectivity index (χ1n) is 6.06. The first-order valence-corrected chi connectivity index (χ1v) is 6.06. The molecule has 1 aromatic carbocycles. The Labute approximate surface area is 106 Å². The van der Waals surface area contributed by atoms with Crippen LogP contribution in [0, 0.1) is 11.3 Å². The summed E-state index contributed by atoms with van der Waals surface area (Å²) in [5, 5.41) is 16.6. The van der Waals surface area contributed by atoms with Crippen LogP contribution in [0.25, 0.3) is 11.3 Å². The molecule has 1 aromatic heterocycles. The average molecular weight is 235 g/mol. The third-order valence-corrected chi connectivity index (χ3v) is 3.66. The summed E-state index contributed by atoms with van der Waals surface area (Å²) in [7, 11) is 0. The lowest BCUT2D eigenvalue weighted by molar-refractivity contribution is 0.788. The van der Waals surface area contributed by atoms with E-state index >= 15 is 0 Å². The topological polar surface area (TPSA) is 49.6 Å². The number of aromatic nitrogens is 2. The summed E-state index contributed by atoms with van der Waals surface area (Å²) >= 11 is 0. The van der Waals surface area contributed by atoms with Crippen molar-refractivity contribution in [1.29, 1.82) is 5.26 Å². The molecule has 0 amide bonds. The highest BCUT2D eigenvalue weighted by Gasteiger charge is 2.38. The molecule has 0 unspecified atom stereocenters. The normalized spacial score (nSPS) is 16.0. The van der Waals surface area contributed by atoms with Crippen LogP contribution in [0.1, 0.15) is 31.0 Å². The van der Waals surface area contributed by atoms with Gasteiger partial charge in [0.2, 0.25) is 0 Å². The van der Waals surface area contributed by atoms with Gasteiger partial charge in [0.05, 0.1) is 5.69 Å². The van der Waals surface area contributed by atoms with Gasteiger partial charge in [-0.2, -0.15) is 5.26 Å². The number of rotatable bonds is 2. The summed E-state index contributed by atoms with van der Waals surface area (Å²) in [4.78, 5) is 0. The first-order chi connectivity index (χ1) is 8.71. The second-order valence-electron chi connectivity index (χ2n) is 5.05. The minimum atomic E-state index is 0.348. The highest BCUT2D eigenvalue weighted by atomic mass is 15.1. The van der Waals surface area contributed by atoms with Crippen molar-refractivity contribution in [3.63, 3.8) is 0 Å². The molecule has 1 heterocycles. The lowest BCUT2D eigenvalue weighted by atomic mass is 9.97. The molecule has 2 aromatic rings. The molecular weight excluding hydrogens is 222 g/mol. The number of hydrogen-bond acceptors (Lipinski definition) is 3. The van der Waals surface area contributed by atoms with Gasteiger partial charge in [0.25, 0.3) is 0 Å². The van der Waals surface area contributed by atoms with E-state index in [0.29, 0.717) is 11.1 Å². The highest BCUT2D eigenvalue weighted by Crippen LogP contribution is 2.47.